The van der Waals surface area contributed by atoms with E-state index in [1.165, 1.54) is 6.92 Å². The van der Waals surface area contributed by atoms with Crippen LogP contribution in [0.2, 0.25) is 0 Å². The number of primary amides is 1. The van der Waals surface area contributed by atoms with Crippen LogP contribution in [0.5, 0.6) is 0 Å². The molecule has 1 heterocycles. The molecule has 0 aromatic heterocycles. The fourth-order valence-electron chi connectivity index (χ4n) is 2.91. The lowest BCUT2D eigenvalue weighted by Gasteiger charge is -2.27. The molecule has 164 valence electrons. The molecule has 4 amide bonds. The summed E-state index contributed by atoms with van der Waals surface area (Å²) in [6.45, 7) is 5.61. The molecule has 0 aromatic carbocycles. The van der Waals surface area contributed by atoms with Gasteiger partial charge in [0.15, 0.2) is 0 Å². The van der Waals surface area contributed by atoms with Crippen LogP contribution in [0.3, 0.4) is 0 Å². The SMILES string of the molecule is CCC(C)C(NC(=O)C1CCCN1)C(=O)NC(CC(N)=O)C(=O)NC(C)C(=O)O. The van der Waals surface area contributed by atoms with Gasteiger partial charge in [0.05, 0.1) is 12.5 Å². The molecular formula is C18H31N5O6. The van der Waals surface area contributed by atoms with Gasteiger partial charge in [-0.2, -0.15) is 0 Å². The zero-order valence-corrected chi connectivity index (χ0v) is 17.0. The first kappa shape index (κ1) is 24.3. The third kappa shape index (κ3) is 7.68. The van der Waals surface area contributed by atoms with E-state index in [9.17, 15) is 24.0 Å². The minimum atomic E-state index is -1.35. The van der Waals surface area contributed by atoms with Crippen molar-refractivity contribution in [3.05, 3.63) is 0 Å². The number of hydrogen-bond donors (Lipinski definition) is 6. The van der Waals surface area contributed by atoms with Crippen LogP contribution in [0.4, 0.5) is 0 Å². The van der Waals surface area contributed by atoms with Crippen LogP contribution in [-0.2, 0) is 24.0 Å². The highest BCUT2D eigenvalue weighted by atomic mass is 16.4. The van der Waals surface area contributed by atoms with E-state index in [1.54, 1.807) is 6.92 Å². The molecule has 1 rings (SSSR count). The van der Waals surface area contributed by atoms with E-state index in [0.29, 0.717) is 12.8 Å². The van der Waals surface area contributed by atoms with Gasteiger partial charge in [0.2, 0.25) is 23.6 Å². The van der Waals surface area contributed by atoms with Gasteiger partial charge < -0.3 is 32.1 Å². The maximum atomic E-state index is 12.8. The number of aliphatic carboxylic acids is 1. The number of rotatable bonds is 11. The van der Waals surface area contributed by atoms with E-state index in [4.69, 9.17) is 10.8 Å². The Morgan fingerprint density at radius 2 is 1.76 bits per heavy atom. The van der Waals surface area contributed by atoms with Crippen molar-refractivity contribution in [1.29, 1.82) is 0 Å². The van der Waals surface area contributed by atoms with E-state index in [1.807, 2.05) is 6.92 Å². The maximum absolute atomic E-state index is 12.8. The van der Waals surface area contributed by atoms with Crippen LogP contribution in [0.1, 0.15) is 46.5 Å². The molecule has 1 aliphatic rings. The Bertz CT molecular complexity index is 634. The number of carboxylic acids is 1. The Labute approximate surface area is 169 Å². The molecular weight excluding hydrogens is 382 g/mol. The van der Waals surface area contributed by atoms with Crippen molar-refractivity contribution in [1.82, 2.24) is 21.3 Å². The quantitative estimate of drug-likeness (QED) is 0.231. The largest absolute Gasteiger partial charge is 0.480 e. The molecule has 0 aromatic rings. The molecule has 1 saturated heterocycles. The lowest BCUT2D eigenvalue weighted by molar-refractivity contribution is -0.142. The predicted molar refractivity (Wildman–Crippen MR) is 103 cm³/mol. The van der Waals surface area contributed by atoms with E-state index in [0.717, 1.165) is 13.0 Å². The summed E-state index contributed by atoms with van der Waals surface area (Å²) in [7, 11) is 0. The topological polar surface area (TPSA) is 180 Å². The molecule has 0 bridgehead atoms. The van der Waals surface area contributed by atoms with Crippen molar-refractivity contribution in [3.8, 4) is 0 Å². The van der Waals surface area contributed by atoms with Crippen molar-refractivity contribution < 1.29 is 29.1 Å². The summed E-state index contributed by atoms with van der Waals surface area (Å²) in [4.78, 5) is 59.8. The first-order valence-electron chi connectivity index (χ1n) is 9.72. The van der Waals surface area contributed by atoms with E-state index < -0.39 is 48.2 Å². The van der Waals surface area contributed by atoms with E-state index in [2.05, 4.69) is 21.3 Å². The van der Waals surface area contributed by atoms with Crippen molar-refractivity contribution in [2.24, 2.45) is 11.7 Å². The van der Waals surface area contributed by atoms with Gasteiger partial charge in [-0.15, -0.1) is 0 Å². The van der Waals surface area contributed by atoms with Crippen molar-refractivity contribution in [2.75, 3.05) is 6.54 Å². The lowest BCUT2D eigenvalue weighted by atomic mass is 9.97. The number of carbonyl (C=O) groups is 5. The Kier molecular flexibility index (Phi) is 9.53. The molecule has 11 nitrogen and oxygen atoms in total. The molecule has 11 heteroatoms. The van der Waals surface area contributed by atoms with E-state index in [-0.39, 0.29) is 17.9 Å². The number of carbonyl (C=O) groups excluding carboxylic acids is 4. The first-order chi connectivity index (χ1) is 13.6. The lowest BCUT2D eigenvalue weighted by Crippen LogP contribution is -2.58. The average molecular weight is 413 g/mol. The zero-order valence-electron chi connectivity index (χ0n) is 17.0. The van der Waals surface area contributed by atoms with Crippen LogP contribution in [0, 0.1) is 5.92 Å². The number of amides is 4. The Balaban J connectivity index is 2.89. The summed E-state index contributed by atoms with van der Waals surface area (Å²) in [5, 5.41) is 19.3. The molecule has 7 N–H and O–H groups in total. The van der Waals surface area contributed by atoms with Crippen LogP contribution in [-0.4, -0.2) is 65.4 Å². The summed E-state index contributed by atoms with van der Waals surface area (Å²) in [5.41, 5.74) is 5.16. The van der Waals surface area contributed by atoms with Crippen molar-refractivity contribution >= 4 is 29.6 Å². The van der Waals surface area contributed by atoms with Gasteiger partial charge in [-0.25, -0.2) is 0 Å². The standard InChI is InChI=1S/C18H31N5O6/c1-4-9(2)14(23-15(25)11-6-5-7-20-11)17(27)22-12(8-13(19)24)16(26)21-10(3)18(28)29/h9-12,14,20H,4-8H2,1-3H3,(H2,19,24)(H,21,26)(H,22,27)(H,23,25)(H,28,29). The zero-order chi connectivity index (χ0) is 22.1. The molecule has 5 atom stereocenters. The highest BCUT2D eigenvalue weighted by Gasteiger charge is 2.33. The fourth-order valence-corrected chi connectivity index (χ4v) is 2.91. The molecule has 29 heavy (non-hydrogen) atoms. The van der Waals surface area contributed by atoms with Gasteiger partial charge in [0.1, 0.15) is 18.1 Å². The molecule has 1 aliphatic heterocycles. The van der Waals surface area contributed by atoms with Gasteiger partial charge >= 0.3 is 5.97 Å². The Hall–Kier alpha value is -2.69. The molecule has 5 unspecified atom stereocenters. The molecule has 0 aliphatic carbocycles. The number of carboxylic acid groups (broad SMARTS) is 1. The third-order valence-corrected chi connectivity index (χ3v) is 4.94. The summed E-state index contributed by atoms with van der Waals surface area (Å²) in [6.07, 6.45) is 1.61. The first-order valence-corrected chi connectivity index (χ1v) is 9.72. The number of nitrogens with one attached hydrogen (secondary N) is 4. The van der Waals surface area contributed by atoms with Gasteiger partial charge in [-0.1, -0.05) is 20.3 Å². The predicted octanol–water partition coefficient (Wildman–Crippen LogP) is -1.78. The molecule has 1 fully saturated rings. The highest BCUT2D eigenvalue weighted by Crippen LogP contribution is 2.11. The second-order valence-corrected chi connectivity index (χ2v) is 7.32. The van der Waals surface area contributed by atoms with Gasteiger partial charge in [-0.3, -0.25) is 24.0 Å². The summed E-state index contributed by atoms with van der Waals surface area (Å²) >= 11 is 0. The van der Waals surface area contributed by atoms with Crippen molar-refractivity contribution in [3.63, 3.8) is 0 Å². The van der Waals surface area contributed by atoms with Crippen molar-refractivity contribution in [2.45, 2.75) is 70.6 Å². The van der Waals surface area contributed by atoms with Crippen LogP contribution in [0.25, 0.3) is 0 Å². The summed E-state index contributed by atoms with van der Waals surface area (Å²) < 4.78 is 0. The second kappa shape index (κ2) is 11.3. The minimum absolute atomic E-state index is 0.240. The smallest absolute Gasteiger partial charge is 0.325 e. The monoisotopic (exact) mass is 413 g/mol. The molecule has 0 spiro atoms. The number of hydrogen-bond acceptors (Lipinski definition) is 6. The molecule has 0 saturated carbocycles. The van der Waals surface area contributed by atoms with Gasteiger partial charge in [0, 0.05) is 0 Å². The van der Waals surface area contributed by atoms with E-state index >= 15 is 0 Å². The normalized spacial score (nSPS) is 20.0. The Morgan fingerprint density at radius 1 is 1.10 bits per heavy atom. The minimum Gasteiger partial charge on any atom is -0.480 e. The van der Waals surface area contributed by atoms with Crippen LogP contribution >= 0.6 is 0 Å². The second-order valence-electron chi connectivity index (χ2n) is 7.32. The van der Waals surface area contributed by atoms with Gasteiger partial charge in [-0.05, 0) is 32.2 Å². The molecule has 0 radical (unpaired) electrons. The summed E-state index contributed by atoms with van der Waals surface area (Å²) in [5.74, 6) is -4.15. The fraction of sp³-hybridized carbons (Fsp3) is 0.722. The Morgan fingerprint density at radius 3 is 2.24 bits per heavy atom. The maximum Gasteiger partial charge on any atom is 0.325 e. The third-order valence-electron chi connectivity index (χ3n) is 4.94. The average Bonchev–Trinajstić information content (AvgIpc) is 3.18. The van der Waals surface area contributed by atoms with Gasteiger partial charge in [0.25, 0.3) is 0 Å². The van der Waals surface area contributed by atoms with Crippen LogP contribution < -0.4 is 27.0 Å². The number of nitrogens with two attached hydrogens (primary N) is 1. The highest BCUT2D eigenvalue weighted by molar-refractivity contribution is 5.96. The van der Waals surface area contributed by atoms with Crippen LogP contribution in [0.15, 0.2) is 0 Å². The summed E-state index contributed by atoms with van der Waals surface area (Å²) in [6, 6.07) is -3.87.